The van der Waals surface area contributed by atoms with Gasteiger partial charge < -0.3 is 5.43 Å². The Labute approximate surface area is 82.4 Å². The summed E-state index contributed by atoms with van der Waals surface area (Å²) in [5.74, 6) is 5.28. The average Bonchev–Trinajstić information content (AvgIpc) is 2.05. The van der Waals surface area contributed by atoms with Crippen LogP contribution in [-0.2, 0) is 5.33 Å². The van der Waals surface area contributed by atoms with E-state index in [-0.39, 0.29) is 0 Å². The van der Waals surface area contributed by atoms with Crippen molar-refractivity contribution in [3.8, 4) is 0 Å². The molecule has 0 spiro atoms. The molecule has 0 aliphatic rings. The number of nitrogens with one attached hydrogen (secondary N) is 1. The minimum atomic E-state index is 0.823. The first-order valence-corrected chi connectivity index (χ1v) is 5.01. The van der Waals surface area contributed by atoms with Crippen molar-refractivity contribution in [3.63, 3.8) is 0 Å². The number of nitrogen functional groups attached to an aromatic ring is 1. The summed E-state index contributed by atoms with van der Waals surface area (Å²) < 4.78 is 1.01. The van der Waals surface area contributed by atoms with Gasteiger partial charge in [-0.25, -0.2) is 0 Å². The minimum absolute atomic E-state index is 0.823. The summed E-state index contributed by atoms with van der Waals surface area (Å²) in [5.41, 5.74) is 4.69. The molecule has 0 fully saturated rings. The Balaban J connectivity index is 3.10. The van der Waals surface area contributed by atoms with E-state index in [0.29, 0.717) is 0 Å². The van der Waals surface area contributed by atoms with E-state index in [1.807, 2.05) is 18.2 Å². The highest BCUT2D eigenvalue weighted by atomic mass is 79.9. The van der Waals surface area contributed by atoms with Gasteiger partial charge in [0.25, 0.3) is 0 Å². The predicted octanol–water partition coefficient (Wildman–Crippen LogP) is 2.63. The van der Waals surface area contributed by atoms with Crippen molar-refractivity contribution >= 4 is 37.5 Å². The molecule has 4 heteroatoms. The molecule has 0 saturated heterocycles. The van der Waals surface area contributed by atoms with Crippen LogP contribution in [0.1, 0.15) is 5.56 Å². The van der Waals surface area contributed by atoms with E-state index in [1.54, 1.807) is 0 Å². The number of hydrogen-bond acceptors (Lipinski definition) is 2. The number of anilines is 1. The van der Waals surface area contributed by atoms with Crippen LogP contribution >= 0.6 is 31.9 Å². The molecule has 3 N–H and O–H groups in total. The van der Waals surface area contributed by atoms with Crippen molar-refractivity contribution in [3.05, 3.63) is 28.2 Å². The first kappa shape index (κ1) is 9.03. The lowest BCUT2D eigenvalue weighted by Gasteiger charge is -2.05. The number of rotatable bonds is 2. The van der Waals surface area contributed by atoms with Gasteiger partial charge >= 0.3 is 0 Å². The maximum absolute atomic E-state index is 5.28. The summed E-state index contributed by atoms with van der Waals surface area (Å²) in [5, 5.41) is 0.823. The molecule has 0 aromatic heterocycles. The van der Waals surface area contributed by atoms with E-state index in [1.165, 1.54) is 5.56 Å². The van der Waals surface area contributed by atoms with Crippen molar-refractivity contribution < 1.29 is 0 Å². The quantitative estimate of drug-likeness (QED) is 0.496. The zero-order valence-electron chi connectivity index (χ0n) is 5.77. The van der Waals surface area contributed by atoms with E-state index in [4.69, 9.17) is 5.84 Å². The third kappa shape index (κ3) is 1.95. The number of hydrogen-bond donors (Lipinski definition) is 2. The van der Waals surface area contributed by atoms with Crippen molar-refractivity contribution in [2.75, 3.05) is 5.43 Å². The number of benzene rings is 1. The molecule has 0 aliphatic heterocycles. The fraction of sp³-hybridized carbons (Fsp3) is 0.143. The Morgan fingerprint density at radius 3 is 2.73 bits per heavy atom. The highest BCUT2D eigenvalue weighted by Gasteiger charge is 2.01. The van der Waals surface area contributed by atoms with Crippen molar-refractivity contribution in [1.29, 1.82) is 0 Å². The molecule has 0 heterocycles. The van der Waals surface area contributed by atoms with E-state index < -0.39 is 0 Å². The van der Waals surface area contributed by atoms with Crippen LogP contribution < -0.4 is 11.3 Å². The Morgan fingerprint density at radius 1 is 1.45 bits per heavy atom. The first-order chi connectivity index (χ1) is 5.29. The molecule has 0 radical (unpaired) electrons. The summed E-state index contributed by atoms with van der Waals surface area (Å²) in [6, 6.07) is 5.90. The summed E-state index contributed by atoms with van der Waals surface area (Å²) in [7, 11) is 0. The number of alkyl halides is 1. The van der Waals surface area contributed by atoms with Gasteiger partial charge in [-0.2, -0.15) is 0 Å². The van der Waals surface area contributed by atoms with Gasteiger partial charge in [0, 0.05) is 9.80 Å². The second kappa shape index (κ2) is 4.09. The molecule has 2 nitrogen and oxygen atoms in total. The first-order valence-electron chi connectivity index (χ1n) is 3.09. The third-order valence-electron chi connectivity index (χ3n) is 1.38. The van der Waals surface area contributed by atoms with Crippen LogP contribution in [0.5, 0.6) is 0 Å². The summed E-state index contributed by atoms with van der Waals surface area (Å²) in [6.45, 7) is 0. The molecule has 11 heavy (non-hydrogen) atoms. The monoisotopic (exact) mass is 278 g/mol. The minimum Gasteiger partial charge on any atom is -0.323 e. The van der Waals surface area contributed by atoms with Crippen LogP contribution in [0.15, 0.2) is 22.7 Å². The van der Waals surface area contributed by atoms with Crippen LogP contribution in [0.2, 0.25) is 0 Å². The normalized spacial score (nSPS) is 9.73. The van der Waals surface area contributed by atoms with Gasteiger partial charge in [-0.1, -0.05) is 28.1 Å². The van der Waals surface area contributed by atoms with Crippen molar-refractivity contribution in [1.82, 2.24) is 0 Å². The zero-order valence-corrected chi connectivity index (χ0v) is 8.94. The lowest BCUT2D eigenvalue weighted by atomic mass is 10.2. The third-order valence-corrected chi connectivity index (χ3v) is 2.92. The van der Waals surface area contributed by atoms with E-state index in [9.17, 15) is 0 Å². The zero-order chi connectivity index (χ0) is 8.27. The number of nitrogens with two attached hydrogens (primary N) is 1. The average molecular weight is 280 g/mol. The standard InChI is InChI=1S/C7H8Br2N2/c8-4-5-2-1-3-6(11-10)7(5)9/h1-3,11H,4,10H2. The van der Waals surface area contributed by atoms with Crippen LogP contribution in [0.25, 0.3) is 0 Å². The van der Waals surface area contributed by atoms with E-state index >= 15 is 0 Å². The Hall–Kier alpha value is -0.0600. The molecule has 0 aliphatic carbocycles. The highest BCUT2D eigenvalue weighted by molar-refractivity contribution is 9.11. The molecule has 0 bridgehead atoms. The lowest BCUT2D eigenvalue weighted by molar-refractivity contribution is 1.30. The summed E-state index contributed by atoms with van der Waals surface area (Å²) >= 11 is 6.80. The highest BCUT2D eigenvalue weighted by Crippen LogP contribution is 2.26. The van der Waals surface area contributed by atoms with E-state index in [0.717, 1.165) is 15.5 Å². The lowest BCUT2D eigenvalue weighted by Crippen LogP contribution is -2.07. The van der Waals surface area contributed by atoms with Crippen LogP contribution in [0.4, 0.5) is 5.69 Å². The Kier molecular flexibility index (Phi) is 3.36. The van der Waals surface area contributed by atoms with Gasteiger partial charge in [0.05, 0.1) is 5.69 Å². The molecular weight excluding hydrogens is 272 g/mol. The van der Waals surface area contributed by atoms with Gasteiger partial charge in [0.1, 0.15) is 0 Å². The Morgan fingerprint density at radius 2 is 2.18 bits per heavy atom. The second-order valence-electron chi connectivity index (χ2n) is 2.06. The smallest absolute Gasteiger partial charge is 0.0630 e. The molecule has 0 unspecified atom stereocenters. The Bertz CT molecular complexity index is 228. The van der Waals surface area contributed by atoms with Gasteiger partial charge in [0.15, 0.2) is 0 Å². The molecule has 0 saturated carbocycles. The molecule has 60 valence electrons. The number of hydrazine groups is 1. The van der Waals surface area contributed by atoms with Gasteiger partial charge in [-0.05, 0) is 27.6 Å². The molecule has 1 aromatic rings. The largest absolute Gasteiger partial charge is 0.323 e. The molecule has 1 rings (SSSR count). The van der Waals surface area contributed by atoms with Crippen LogP contribution in [-0.4, -0.2) is 0 Å². The summed E-state index contributed by atoms with van der Waals surface area (Å²) in [6.07, 6.45) is 0. The molecule has 1 aromatic carbocycles. The topological polar surface area (TPSA) is 38.0 Å². The van der Waals surface area contributed by atoms with Gasteiger partial charge in [0.2, 0.25) is 0 Å². The summed E-state index contributed by atoms with van der Waals surface area (Å²) in [4.78, 5) is 0. The second-order valence-corrected chi connectivity index (χ2v) is 3.41. The van der Waals surface area contributed by atoms with E-state index in [2.05, 4.69) is 37.3 Å². The van der Waals surface area contributed by atoms with Crippen molar-refractivity contribution in [2.24, 2.45) is 5.84 Å². The number of halogens is 2. The SMILES string of the molecule is NNc1cccc(CBr)c1Br. The fourth-order valence-electron chi connectivity index (χ4n) is 0.794. The maximum Gasteiger partial charge on any atom is 0.0630 e. The molecule has 0 amide bonds. The predicted molar refractivity (Wildman–Crippen MR) is 54.6 cm³/mol. The maximum atomic E-state index is 5.28. The van der Waals surface area contributed by atoms with Crippen molar-refractivity contribution in [2.45, 2.75) is 5.33 Å². The molecular formula is C7H8Br2N2. The van der Waals surface area contributed by atoms with Crippen LogP contribution in [0, 0.1) is 0 Å². The van der Waals surface area contributed by atoms with Crippen LogP contribution in [0.3, 0.4) is 0 Å². The fourth-order valence-corrected chi connectivity index (χ4v) is 2.16. The van der Waals surface area contributed by atoms with Gasteiger partial charge in [-0.15, -0.1) is 0 Å². The van der Waals surface area contributed by atoms with Gasteiger partial charge in [-0.3, -0.25) is 5.84 Å². The molecule has 0 atom stereocenters.